The number of aliphatic hydroxyl groups excluding tert-OH is 1. The molecule has 0 saturated heterocycles. The van der Waals surface area contributed by atoms with E-state index < -0.39 is 0 Å². The van der Waals surface area contributed by atoms with Crippen LogP contribution in [0.2, 0.25) is 0 Å². The number of aliphatic hydroxyl groups is 1. The second-order valence-electron chi connectivity index (χ2n) is 2.84. The summed E-state index contributed by atoms with van der Waals surface area (Å²) in [5, 5.41) is 9.20. The summed E-state index contributed by atoms with van der Waals surface area (Å²) in [6.07, 6.45) is 6.32. The molecule has 0 aliphatic rings. The highest BCUT2D eigenvalue weighted by molar-refractivity contribution is 5.03. The van der Waals surface area contributed by atoms with Crippen LogP contribution in [0.4, 0.5) is 0 Å². The topological polar surface area (TPSA) is 20.2 Å². The van der Waals surface area contributed by atoms with Crippen molar-refractivity contribution in [2.45, 2.75) is 39.2 Å². The molecule has 1 N–H and O–H groups in total. The Balaban J connectivity index is 3.62. The van der Waals surface area contributed by atoms with Crippen LogP contribution >= 0.6 is 0 Å². The molecule has 1 atom stereocenters. The molecule has 0 spiro atoms. The first-order valence-electron chi connectivity index (χ1n) is 4.15. The third-order valence-corrected chi connectivity index (χ3v) is 1.68. The Hall–Kier alpha value is -0.560. The van der Waals surface area contributed by atoms with E-state index >= 15 is 0 Å². The molecular weight excluding hydrogens is 136 g/mol. The Morgan fingerprint density at radius 2 is 2.27 bits per heavy atom. The van der Waals surface area contributed by atoms with E-state index in [9.17, 15) is 5.11 Å². The smallest absolute Gasteiger partial charge is 0.0572 e. The Morgan fingerprint density at radius 3 is 2.73 bits per heavy atom. The van der Waals surface area contributed by atoms with Gasteiger partial charge in [-0.2, -0.15) is 0 Å². The minimum absolute atomic E-state index is 0.172. The van der Waals surface area contributed by atoms with Gasteiger partial charge in [-0.05, 0) is 26.2 Å². The largest absolute Gasteiger partial charge is 0.393 e. The molecule has 0 bridgehead atoms. The van der Waals surface area contributed by atoms with Gasteiger partial charge < -0.3 is 5.11 Å². The molecule has 0 heterocycles. The lowest BCUT2D eigenvalue weighted by atomic mass is 10.1. The summed E-state index contributed by atoms with van der Waals surface area (Å²) in [4.78, 5) is 0. The van der Waals surface area contributed by atoms with Crippen molar-refractivity contribution in [2.75, 3.05) is 0 Å². The van der Waals surface area contributed by atoms with Gasteiger partial charge in [-0.3, -0.25) is 0 Å². The molecule has 11 heavy (non-hydrogen) atoms. The third-order valence-electron chi connectivity index (χ3n) is 1.68. The fourth-order valence-corrected chi connectivity index (χ4v) is 0.815. The van der Waals surface area contributed by atoms with Crippen molar-refractivity contribution in [1.29, 1.82) is 0 Å². The van der Waals surface area contributed by atoms with Gasteiger partial charge in [-0.25, -0.2) is 0 Å². The lowest BCUT2D eigenvalue weighted by Crippen LogP contribution is -2.01. The van der Waals surface area contributed by atoms with E-state index in [0.29, 0.717) is 0 Å². The Labute approximate surface area is 69.4 Å². The Kier molecular flexibility index (Phi) is 5.86. The highest BCUT2D eigenvalue weighted by atomic mass is 16.3. The molecule has 0 aromatic carbocycles. The third kappa shape index (κ3) is 5.86. The molecule has 64 valence electrons. The molecule has 1 unspecified atom stereocenters. The molecule has 0 saturated carbocycles. The minimum Gasteiger partial charge on any atom is -0.393 e. The van der Waals surface area contributed by atoms with E-state index in [-0.39, 0.29) is 6.10 Å². The number of hydrogen-bond donors (Lipinski definition) is 1. The predicted molar refractivity (Wildman–Crippen MR) is 49.5 cm³/mol. The lowest BCUT2D eigenvalue weighted by Gasteiger charge is -2.03. The lowest BCUT2D eigenvalue weighted by molar-refractivity contribution is 0.173. The molecule has 1 nitrogen and oxygen atoms in total. The minimum atomic E-state index is -0.172. The van der Waals surface area contributed by atoms with Gasteiger partial charge in [0.1, 0.15) is 0 Å². The zero-order chi connectivity index (χ0) is 8.69. The zero-order valence-corrected chi connectivity index (χ0v) is 7.51. The first kappa shape index (κ1) is 10.4. The second kappa shape index (κ2) is 6.17. The second-order valence-corrected chi connectivity index (χ2v) is 2.84. The summed E-state index contributed by atoms with van der Waals surface area (Å²) in [6.45, 7) is 7.69. The van der Waals surface area contributed by atoms with E-state index in [1.54, 1.807) is 0 Å². The van der Waals surface area contributed by atoms with Crippen molar-refractivity contribution in [3.05, 3.63) is 24.3 Å². The normalized spacial score (nSPS) is 14.6. The Bertz CT molecular complexity index is 136. The summed E-state index contributed by atoms with van der Waals surface area (Å²) in [5.41, 5.74) is 1.28. The van der Waals surface area contributed by atoms with E-state index in [1.165, 1.54) is 5.57 Å². The fraction of sp³-hybridized carbons (Fsp3) is 0.600. The number of rotatable bonds is 5. The van der Waals surface area contributed by atoms with Gasteiger partial charge >= 0.3 is 0 Å². The van der Waals surface area contributed by atoms with Crippen molar-refractivity contribution in [1.82, 2.24) is 0 Å². The average Bonchev–Trinajstić information content (AvgIpc) is 2.01. The standard InChI is InChI=1S/C10H18O/c1-4-6-9(3)7-8-10(11)5-2/h4,7,10-11H,1,5-6,8H2,2-3H3/b9-7-. The fourth-order valence-electron chi connectivity index (χ4n) is 0.815. The molecule has 0 aliphatic carbocycles. The SMILES string of the molecule is C=CC/C(C)=C\CC(O)CC. The molecular formula is C10H18O. The van der Waals surface area contributed by atoms with Crippen molar-refractivity contribution in [2.24, 2.45) is 0 Å². The van der Waals surface area contributed by atoms with Crippen LogP contribution in [0.3, 0.4) is 0 Å². The van der Waals surface area contributed by atoms with Crippen molar-refractivity contribution >= 4 is 0 Å². The first-order chi connectivity index (χ1) is 5.20. The van der Waals surface area contributed by atoms with Gasteiger partial charge in [0.15, 0.2) is 0 Å². The van der Waals surface area contributed by atoms with Crippen LogP contribution in [0.15, 0.2) is 24.3 Å². The highest BCUT2D eigenvalue weighted by Gasteiger charge is 1.96. The van der Waals surface area contributed by atoms with Gasteiger partial charge in [0.05, 0.1) is 6.10 Å². The molecule has 0 aromatic rings. The average molecular weight is 154 g/mol. The van der Waals surface area contributed by atoms with Crippen LogP contribution < -0.4 is 0 Å². The van der Waals surface area contributed by atoms with Crippen LogP contribution in [-0.2, 0) is 0 Å². The molecule has 0 rings (SSSR count). The molecule has 0 amide bonds. The quantitative estimate of drug-likeness (QED) is 0.604. The number of allylic oxidation sites excluding steroid dienone is 2. The highest BCUT2D eigenvalue weighted by Crippen LogP contribution is 2.05. The molecule has 0 aromatic heterocycles. The van der Waals surface area contributed by atoms with Gasteiger partial charge in [-0.15, -0.1) is 6.58 Å². The summed E-state index contributed by atoms with van der Waals surface area (Å²) in [7, 11) is 0. The number of hydrogen-bond acceptors (Lipinski definition) is 1. The molecule has 0 fully saturated rings. The van der Waals surface area contributed by atoms with Crippen LogP contribution in [-0.4, -0.2) is 11.2 Å². The monoisotopic (exact) mass is 154 g/mol. The summed E-state index contributed by atoms with van der Waals surface area (Å²) < 4.78 is 0. The maximum absolute atomic E-state index is 9.20. The van der Waals surface area contributed by atoms with E-state index in [4.69, 9.17) is 0 Å². The maximum atomic E-state index is 9.20. The van der Waals surface area contributed by atoms with Crippen LogP contribution in [0.5, 0.6) is 0 Å². The van der Waals surface area contributed by atoms with Gasteiger partial charge in [0, 0.05) is 0 Å². The van der Waals surface area contributed by atoms with Crippen LogP contribution in [0.25, 0.3) is 0 Å². The maximum Gasteiger partial charge on any atom is 0.0572 e. The van der Waals surface area contributed by atoms with Crippen molar-refractivity contribution in [3.8, 4) is 0 Å². The summed E-state index contributed by atoms with van der Waals surface area (Å²) in [6, 6.07) is 0. The predicted octanol–water partition coefficient (Wildman–Crippen LogP) is 2.67. The van der Waals surface area contributed by atoms with Gasteiger partial charge in [-0.1, -0.05) is 24.6 Å². The van der Waals surface area contributed by atoms with Gasteiger partial charge in [0.25, 0.3) is 0 Å². The molecule has 1 heteroatoms. The molecule has 0 aliphatic heterocycles. The van der Waals surface area contributed by atoms with Crippen molar-refractivity contribution in [3.63, 3.8) is 0 Å². The van der Waals surface area contributed by atoms with E-state index in [2.05, 4.69) is 19.6 Å². The van der Waals surface area contributed by atoms with E-state index in [0.717, 1.165) is 19.3 Å². The first-order valence-corrected chi connectivity index (χ1v) is 4.15. The Morgan fingerprint density at radius 1 is 1.64 bits per heavy atom. The summed E-state index contributed by atoms with van der Waals surface area (Å²) in [5.74, 6) is 0. The van der Waals surface area contributed by atoms with Crippen LogP contribution in [0.1, 0.15) is 33.1 Å². The van der Waals surface area contributed by atoms with E-state index in [1.807, 2.05) is 13.0 Å². The summed E-state index contributed by atoms with van der Waals surface area (Å²) >= 11 is 0. The van der Waals surface area contributed by atoms with Crippen LogP contribution in [0, 0.1) is 0 Å². The zero-order valence-electron chi connectivity index (χ0n) is 7.51. The molecule has 0 radical (unpaired) electrons. The van der Waals surface area contributed by atoms with Gasteiger partial charge in [0.2, 0.25) is 0 Å². The van der Waals surface area contributed by atoms with Crippen molar-refractivity contribution < 1.29 is 5.11 Å².